The highest BCUT2D eigenvalue weighted by atomic mass is 16.7. The van der Waals surface area contributed by atoms with Crippen molar-refractivity contribution in [3.05, 3.63) is 12.2 Å². The van der Waals surface area contributed by atoms with Gasteiger partial charge in [0.05, 0.1) is 25.4 Å². The van der Waals surface area contributed by atoms with Crippen LogP contribution in [0.15, 0.2) is 12.2 Å². The van der Waals surface area contributed by atoms with Gasteiger partial charge in [-0.25, -0.2) is 0 Å². The second-order valence-electron chi connectivity index (χ2n) is 20.7. The number of hydrogen-bond acceptors (Lipinski definition) is 10. The zero-order chi connectivity index (χ0) is 49.7. The summed E-state index contributed by atoms with van der Waals surface area (Å²) in [6.07, 6.45) is 42.7. The second kappa shape index (κ2) is 46.9. The van der Waals surface area contributed by atoms with Crippen molar-refractivity contribution in [2.24, 2.45) is 0 Å². The van der Waals surface area contributed by atoms with Crippen molar-refractivity contribution in [3.8, 4) is 0 Å². The van der Waals surface area contributed by atoms with Gasteiger partial charge in [-0.15, -0.1) is 0 Å². The molecule has 1 rings (SSSR count). The minimum atomic E-state index is -1.66. The summed E-state index contributed by atoms with van der Waals surface area (Å²) in [6, 6.07) is -1.17. The van der Waals surface area contributed by atoms with E-state index in [1.807, 2.05) is 0 Å². The highest BCUT2D eigenvalue weighted by Gasteiger charge is 2.44. The van der Waals surface area contributed by atoms with Gasteiger partial charge in [0.15, 0.2) is 6.29 Å². The summed E-state index contributed by atoms with van der Waals surface area (Å²) in [4.78, 5) is 13.1. The van der Waals surface area contributed by atoms with Gasteiger partial charge in [0.1, 0.15) is 36.6 Å². The molecule has 0 aromatic rings. The summed E-state index contributed by atoms with van der Waals surface area (Å²) >= 11 is 0. The Hall–Kier alpha value is -1.15. The van der Waals surface area contributed by atoms with E-state index in [9.17, 15) is 40.5 Å². The third-order valence-electron chi connectivity index (χ3n) is 14.3. The molecule has 1 saturated heterocycles. The normalized spacial score (nSPS) is 20.5. The number of unbranched alkanes of at least 4 members (excludes halogenated alkanes) is 36. The van der Waals surface area contributed by atoms with Gasteiger partial charge in [-0.05, 0) is 38.5 Å². The van der Waals surface area contributed by atoms with Crippen LogP contribution in [-0.2, 0) is 14.3 Å². The number of nitrogens with one attached hydrogen (secondary N) is 1. The van der Waals surface area contributed by atoms with E-state index >= 15 is 0 Å². The van der Waals surface area contributed by atoms with E-state index in [-0.39, 0.29) is 6.42 Å². The third kappa shape index (κ3) is 35.1. The molecule has 9 atom stereocenters. The van der Waals surface area contributed by atoms with E-state index in [0.717, 1.165) is 57.8 Å². The van der Waals surface area contributed by atoms with Crippen molar-refractivity contribution in [1.82, 2.24) is 5.32 Å². The number of carbonyl (C=O) groups excluding carboxylic acids is 1. The predicted octanol–water partition coefficient (Wildman–Crippen LogP) is 12.0. The largest absolute Gasteiger partial charge is 0.394 e. The van der Waals surface area contributed by atoms with E-state index < -0.39 is 74.2 Å². The molecule has 1 fully saturated rings. The molecule has 0 aliphatic carbocycles. The molecule has 0 aromatic heterocycles. The number of ether oxygens (including phenoxy) is 2. The van der Waals surface area contributed by atoms with Gasteiger partial charge in [0, 0.05) is 0 Å². The molecule has 1 heterocycles. The fourth-order valence-electron chi connectivity index (χ4n) is 9.56. The summed E-state index contributed by atoms with van der Waals surface area (Å²) in [7, 11) is 0. The predicted molar refractivity (Wildman–Crippen MR) is 279 cm³/mol. The summed E-state index contributed by atoms with van der Waals surface area (Å²) in [5.41, 5.74) is 0. The Morgan fingerprint density at radius 3 is 1.25 bits per heavy atom. The smallest absolute Gasteiger partial charge is 0.249 e. The Labute approximate surface area is 417 Å². The van der Waals surface area contributed by atoms with Crippen LogP contribution < -0.4 is 5.32 Å². The maximum absolute atomic E-state index is 13.1. The minimum absolute atomic E-state index is 0.255. The molecule has 11 nitrogen and oxygen atoms in total. The fourth-order valence-corrected chi connectivity index (χ4v) is 9.56. The molecule has 1 aliphatic rings. The van der Waals surface area contributed by atoms with Gasteiger partial charge in [0.25, 0.3) is 0 Å². The quantitative estimate of drug-likeness (QED) is 0.0215. The van der Waals surface area contributed by atoms with Crippen LogP contribution in [0.4, 0.5) is 0 Å². The zero-order valence-electron chi connectivity index (χ0n) is 44.1. The fraction of sp³-hybridized carbons (Fsp3) is 0.947. The molecule has 1 amide bonds. The second-order valence-corrected chi connectivity index (χ2v) is 20.7. The Morgan fingerprint density at radius 1 is 0.500 bits per heavy atom. The highest BCUT2D eigenvalue weighted by Crippen LogP contribution is 2.23. The van der Waals surface area contributed by atoms with Gasteiger partial charge < -0.3 is 50.5 Å². The molecule has 8 N–H and O–H groups in total. The topological polar surface area (TPSA) is 189 Å². The summed E-state index contributed by atoms with van der Waals surface area (Å²) < 4.78 is 11.1. The van der Waals surface area contributed by atoms with Crippen molar-refractivity contribution in [1.29, 1.82) is 0 Å². The van der Waals surface area contributed by atoms with Crippen molar-refractivity contribution in [2.75, 3.05) is 13.2 Å². The summed E-state index contributed by atoms with van der Waals surface area (Å²) in [6.45, 7) is 3.46. The number of carbonyl (C=O) groups is 1. The lowest BCUT2D eigenvalue weighted by atomic mass is 9.98. The number of aliphatic hydroxyl groups excluding tert-OH is 7. The molecule has 404 valence electrons. The zero-order valence-corrected chi connectivity index (χ0v) is 44.1. The Kier molecular flexibility index (Phi) is 44.7. The Morgan fingerprint density at radius 2 is 0.853 bits per heavy atom. The van der Waals surface area contributed by atoms with Crippen molar-refractivity contribution in [2.45, 2.75) is 332 Å². The van der Waals surface area contributed by atoms with Crippen LogP contribution in [0.2, 0.25) is 0 Å². The van der Waals surface area contributed by atoms with E-state index in [1.165, 1.54) is 180 Å². The number of hydrogen-bond donors (Lipinski definition) is 8. The highest BCUT2D eigenvalue weighted by molar-refractivity contribution is 5.80. The first-order valence-electron chi connectivity index (χ1n) is 29.1. The molecule has 0 spiro atoms. The molecule has 0 radical (unpaired) electrons. The first-order valence-corrected chi connectivity index (χ1v) is 29.1. The van der Waals surface area contributed by atoms with Crippen LogP contribution in [0.25, 0.3) is 0 Å². The van der Waals surface area contributed by atoms with Gasteiger partial charge in [-0.3, -0.25) is 4.79 Å². The van der Waals surface area contributed by atoms with Gasteiger partial charge in [-0.1, -0.05) is 251 Å². The number of rotatable bonds is 50. The lowest BCUT2D eigenvalue weighted by molar-refractivity contribution is -0.303. The third-order valence-corrected chi connectivity index (χ3v) is 14.3. The van der Waals surface area contributed by atoms with Crippen LogP contribution >= 0.6 is 0 Å². The number of aliphatic hydroxyl groups is 7. The molecule has 68 heavy (non-hydrogen) atoms. The van der Waals surface area contributed by atoms with Crippen LogP contribution in [0, 0.1) is 0 Å². The monoisotopic (exact) mass is 970 g/mol. The molecule has 0 bridgehead atoms. The van der Waals surface area contributed by atoms with Gasteiger partial charge >= 0.3 is 0 Å². The maximum Gasteiger partial charge on any atom is 0.249 e. The Balaban J connectivity index is 2.26. The van der Waals surface area contributed by atoms with Crippen molar-refractivity contribution in [3.63, 3.8) is 0 Å². The maximum atomic E-state index is 13.1. The van der Waals surface area contributed by atoms with Crippen LogP contribution in [0.3, 0.4) is 0 Å². The summed E-state index contributed by atoms with van der Waals surface area (Å²) in [5.74, 6) is -0.699. The molecular formula is C57H111NO10. The first-order chi connectivity index (χ1) is 33.2. The van der Waals surface area contributed by atoms with E-state index in [0.29, 0.717) is 19.3 Å². The average Bonchev–Trinajstić information content (AvgIpc) is 3.34. The van der Waals surface area contributed by atoms with Gasteiger partial charge in [0.2, 0.25) is 5.91 Å². The molecule has 0 saturated carbocycles. The summed E-state index contributed by atoms with van der Waals surface area (Å²) in [5, 5.41) is 76.1. The molecule has 0 aromatic carbocycles. The minimum Gasteiger partial charge on any atom is -0.394 e. The first kappa shape index (κ1) is 64.9. The molecule has 1 aliphatic heterocycles. The lowest BCUT2D eigenvalue weighted by Crippen LogP contribution is -2.60. The SMILES string of the molecule is CCCCCC/C=C\CCCCCCCCC(O)C(=O)NC(COC1OC(CO)C(O)C(O)C1O)C(O)C(O)CCCCCCCCCCCCCCCCCCCCCCCCCCCCC. The lowest BCUT2D eigenvalue weighted by Gasteiger charge is -2.40. The average molecular weight is 971 g/mol. The van der Waals surface area contributed by atoms with Crippen molar-refractivity contribution < 1.29 is 50.0 Å². The van der Waals surface area contributed by atoms with Crippen LogP contribution in [0.1, 0.15) is 277 Å². The number of amides is 1. The van der Waals surface area contributed by atoms with E-state index in [1.54, 1.807) is 0 Å². The van der Waals surface area contributed by atoms with Crippen LogP contribution in [0.5, 0.6) is 0 Å². The molecule has 11 heteroatoms. The van der Waals surface area contributed by atoms with Crippen molar-refractivity contribution >= 4 is 5.91 Å². The van der Waals surface area contributed by atoms with Gasteiger partial charge in [-0.2, -0.15) is 0 Å². The molecule has 9 unspecified atom stereocenters. The standard InChI is InChI=1S/C57H111NO10/c1-3-5-7-9-11-13-15-17-19-20-21-22-23-24-25-26-27-28-29-30-31-33-34-36-38-40-42-44-49(60)52(62)48(47-67-57-55(65)54(64)53(63)51(46-59)68-57)58-56(66)50(61)45-43-41-39-37-35-32-18-16-14-12-10-8-6-4-2/h14,16,48-55,57,59-65H,3-13,15,17-47H2,1-2H3,(H,58,66)/b16-14-. The molecular weight excluding hydrogens is 859 g/mol. The van der Waals surface area contributed by atoms with E-state index in [4.69, 9.17) is 9.47 Å². The Bertz CT molecular complexity index is 1110. The van der Waals surface area contributed by atoms with E-state index in [2.05, 4.69) is 31.3 Å². The number of allylic oxidation sites excluding steroid dienone is 2. The van der Waals surface area contributed by atoms with Crippen LogP contribution in [-0.4, -0.2) is 110 Å².